The molecule has 4 aromatic rings. The fourth-order valence-electron chi connectivity index (χ4n) is 3.90. The van der Waals surface area contributed by atoms with E-state index in [9.17, 15) is 14.4 Å². The van der Waals surface area contributed by atoms with Gasteiger partial charge in [-0.25, -0.2) is 28.1 Å². The van der Waals surface area contributed by atoms with E-state index in [0.717, 1.165) is 18.2 Å². The van der Waals surface area contributed by atoms with E-state index < -0.39 is 30.4 Å². The first-order valence-corrected chi connectivity index (χ1v) is 16.9. The molecule has 0 radical (unpaired) electrons. The molecule has 1 aromatic heterocycles. The van der Waals surface area contributed by atoms with Crippen molar-refractivity contribution in [3.8, 4) is 0 Å². The van der Waals surface area contributed by atoms with Gasteiger partial charge < -0.3 is 0 Å². The lowest BCUT2D eigenvalue weighted by atomic mass is 10.2. The number of aromatic nitrogens is 3. The Hall–Kier alpha value is 0.420. The number of rotatable bonds is 6. The normalized spacial score (nSPS) is 12.6. The molecule has 240 valence electrons. The molecule has 21 heteroatoms. The summed E-state index contributed by atoms with van der Waals surface area (Å²) >= 11 is 95.8. The van der Waals surface area contributed by atoms with E-state index in [2.05, 4.69) is 0 Å². The van der Waals surface area contributed by atoms with Crippen LogP contribution in [0.15, 0.2) is 50.8 Å². The van der Waals surface area contributed by atoms with Gasteiger partial charge in [-0.2, -0.15) is 0 Å². The van der Waals surface area contributed by atoms with Gasteiger partial charge >= 0.3 is 17.1 Å². The second-order valence-corrected chi connectivity index (χ2v) is 16.0. The zero-order valence-corrected chi connectivity index (χ0v) is 32.0. The highest BCUT2D eigenvalue weighted by atomic mass is 35.5. The minimum Gasteiger partial charge on any atom is -0.247 e. The molecule has 0 spiro atoms. The summed E-state index contributed by atoms with van der Waals surface area (Å²) in [5, 5.41) is -1.98. The Balaban J connectivity index is 2.25. The van der Waals surface area contributed by atoms with Gasteiger partial charge in [0.1, 0.15) is 0 Å². The average molecular weight is 916 g/mol. The van der Waals surface area contributed by atoms with Crippen LogP contribution in [0.1, 0.15) is 16.7 Å². The molecule has 0 aliphatic rings. The van der Waals surface area contributed by atoms with Gasteiger partial charge in [0, 0.05) is 16.7 Å². The second-order valence-electron chi connectivity index (χ2n) is 8.65. The maximum absolute atomic E-state index is 14.2. The third-order valence-electron chi connectivity index (χ3n) is 6.07. The molecule has 4 rings (SSSR count). The Morgan fingerprint density at radius 2 is 0.556 bits per heavy atom. The van der Waals surface area contributed by atoms with Gasteiger partial charge in [0.15, 0.2) is 0 Å². The van der Waals surface area contributed by atoms with Gasteiger partial charge in [-0.3, -0.25) is 0 Å². The van der Waals surface area contributed by atoms with Gasteiger partial charge in [0.05, 0.1) is 45.2 Å². The lowest BCUT2D eigenvalue weighted by molar-refractivity contribution is 0.429. The van der Waals surface area contributed by atoms with Crippen molar-refractivity contribution in [3.05, 3.63) is 130 Å². The van der Waals surface area contributed by atoms with Crippen molar-refractivity contribution in [1.82, 2.24) is 13.7 Å². The van der Waals surface area contributed by atoms with Crippen LogP contribution in [0, 0.1) is 0 Å². The molecule has 45 heavy (non-hydrogen) atoms. The maximum Gasteiger partial charge on any atom is 0.341 e. The van der Waals surface area contributed by atoms with Crippen LogP contribution in [-0.2, 0) is 13.4 Å². The topological polar surface area (TPSA) is 66.0 Å². The van der Waals surface area contributed by atoms with Crippen LogP contribution in [-0.4, -0.2) is 13.7 Å². The highest BCUT2D eigenvalue weighted by Gasteiger charge is 2.46. The van der Waals surface area contributed by atoms with E-state index in [-0.39, 0.29) is 75.6 Å². The summed E-state index contributed by atoms with van der Waals surface area (Å²) in [6, 6.07) is 7.10. The first-order chi connectivity index (χ1) is 20.6. The minimum atomic E-state index is -2.80. The number of benzene rings is 3. The molecule has 0 atom stereocenters. The highest BCUT2D eigenvalue weighted by Crippen LogP contribution is 2.47. The summed E-state index contributed by atoms with van der Waals surface area (Å²) in [6.07, 6.45) is 0. The molecule has 0 N–H and O–H groups in total. The van der Waals surface area contributed by atoms with E-state index in [1.807, 2.05) is 0 Å². The van der Waals surface area contributed by atoms with Crippen molar-refractivity contribution in [2.24, 2.45) is 0 Å². The van der Waals surface area contributed by atoms with Crippen molar-refractivity contribution in [2.75, 3.05) is 0 Å². The van der Waals surface area contributed by atoms with Crippen LogP contribution in [0.5, 0.6) is 0 Å². The molecular weight excluding hydrogens is 910 g/mol. The standard InChI is InChI=1S/C24H6Cl15N3O3/c25-10-4-1-7(13(28)16(10)31)22(34,35)40-19(43)41(23(36,37)8-2-5-11(26)17(32)14(8)29)21(45)42(20(40)44)24(38,39)9-3-6-12(27)18(33)15(9)30/h1-6H. The zero-order valence-electron chi connectivity index (χ0n) is 20.7. The summed E-state index contributed by atoms with van der Waals surface area (Å²) in [7, 11) is 0. The molecule has 0 saturated carbocycles. The summed E-state index contributed by atoms with van der Waals surface area (Å²) in [6.45, 7) is 0. The number of hydrogen-bond donors (Lipinski definition) is 0. The van der Waals surface area contributed by atoms with Crippen molar-refractivity contribution in [3.63, 3.8) is 0 Å². The van der Waals surface area contributed by atoms with Crippen LogP contribution in [0.3, 0.4) is 0 Å². The van der Waals surface area contributed by atoms with Crippen molar-refractivity contribution in [2.45, 2.75) is 13.4 Å². The Kier molecular flexibility index (Phi) is 11.6. The summed E-state index contributed by atoms with van der Waals surface area (Å²) in [5.41, 5.74) is -5.94. The van der Waals surface area contributed by atoms with Gasteiger partial charge in [0.2, 0.25) is 13.4 Å². The largest absolute Gasteiger partial charge is 0.341 e. The fourth-order valence-corrected chi connectivity index (χ4v) is 8.02. The molecular formula is C24H6Cl15N3O3. The molecule has 0 aliphatic heterocycles. The van der Waals surface area contributed by atoms with Gasteiger partial charge in [0.25, 0.3) is 0 Å². The zero-order chi connectivity index (χ0) is 34.1. The van der Waals surface area contributed by atoms with Gasteiger partial charge in [-0.15, -0.1) is 0 Å². The predicted molar refractivity (Wildman–Crippen MR) is 190 cm³/mol. The summed E-state index contributed by atoms with van der Waals surface area (Å²) in [4.78, 5) is 42.5. The van der Waals surface area contributed by atoms with E-state index in [0.29, 0.717) is 0 Å². The Labute approximate surface area is 327 Å². The summed E-state index contributed by atoms with van der Waals surface area (Å²) < 4.78 is -8.07. The van der Waals surface area contributed by atoms with E-state index in [1.165, 1.54) is 18.2 Å². The molecule has 0 fully saturated rings. The number of halogens is 15. The van der Waals surface area contributed by atoms with Crippen molar-refractivity contribution in [1.29, 1.82) is 0 Å². The average Bonchev–Trinajstić information content (AvgIpc) is 2.92. The molecule has 0 saturated heterocycles. The van der Waals surface area contributed by atoms with Crippen LogP contribution in [0.4, 0.5) is 0 Å². The molecule has 0 unspecified atom stereocenters. The molecule has 3 aromatic carbocycles. The molecule has 0 bridgehead atoms. The fraction of sp³-hybridized carbons (Fsp3) is 0.125. The predicted octanol–water partition coefficient (Wildman–Crippen LogP) is 11.5. The van der Waals surface area contributed by atoms with Gasteiger partial charge in [-0.05, 0) is 18.2 Å². The third-order valence-corrected chi connectivity index (χ3v) is 12.2. The third kappa shape index (κ3) is 6.44. The molecule has 6 nitrogen and oxygen atoms in total. The number of hydrogen-bond acceptors (Lipinski definition) is 3. The molecule has 0 aliphatic carbocycles. The quantitative estimate of drug-likeness (QED) is 0.143. The number of nitrogens with zero attached hydrogens (tertiary/aromatic N) is 3. The molecule has 1 heterocycles. The lowest BCUT2D eigenvalue weighted by Gasteiger charge is -2.31. The minimum absolute atomic E-state index is 0.0335. The monoisotopic (exact) mass is 909 g/mol. The Morgan fingerprint density at radius 1 is 0.356 bits per heavy atom. The smallest absolute Gasteiger partial charge is 0.247 e. The number of alkyl halides is 6. The van der Waals surface area contributed by atoms with E-state index >= 15 is 0 Å². The van der Waals surface area contributed by atoms with Crippen LogP contribution in [0.25, 0.3) is 0 Å². The van der Waals surface area contributed by atoms with Crippen LogP contribution in [0.2, 0.25) is 45.2 Å². The van der Waals surface area contributed by atoms with Crippen molar-refractivity contribution >= 4 is 174 Å². The van der Waals surface area contributed by atoms with E-state index in [4.69, 9.17) is 174 Å². The maximum atomic E-state index is 14.2. The van der Waals surface area contributed by atoms with Crippen LogP contribution >= 0.6 is 174 Å². The van der Waals surface area contributed by atoms with Crippen LogP contribution < -0.4 is 17.1 Å². The van der Waals surface area contributed by atoms with E-state index in [1.54, 1.807) is 0 Å². The SMILES string of the molecule is O=c1n(C(Cl)(Cl)c2ccc(Cl)c(Cl)c2Cl)c(=O)n(C(Cl)(Cl)c2ccc(Cl)c(Cl)c2Cl)c(=O)n1C(Cl)(Cl)c1ccc(Cl)c(Cl)c1Cl. The summed E-state index contributed by atoms with van der Waals surface area (Å²) in [5.74, 6) is 0. The second kappa shape index (κ2) is 13.6. The highest BCUT2D eigenvalue weighted by molar-refractivity contribution is 6.54. The lowest BCUT2D eigenvalue weighted by Crippen LogP contribution is -2.63. The van der Waals surface area contributed by atoms with Crippen molar-refractivity contribution < 1.29 is 0 Å². The molecule has 0 amide bonds. The Bertz CT molecular complexity index is 1810. The Morgan fingerprint density at radius 3 is 0.756 bits per heavy atom. The first kappa shape index (κ1) is 38.2. The first-order valence-electron chi connectivity index (χ1n) is 11.2. The van der Waals surface area contributed by atoms with Gasteiger partial charge in [-0.1, -0.05) is 192 Å².